The van der Waals surface area contributed by atoms with Gasteiger partial charge >= 0.3 is 0 Å². The summed E-state index contributed by atoms with van der Waals surface area (Å²) >= 11 is 0. The van der Waals surface area contributed by atoms with Gasteiger partial charge in [0.1, 0.15) is 4.90 Å². The van der Waals surface area contributed by atoms with Gasteiger partial charge in [-0.05, 0) is 38.6 Å². The summed E-state index contributed by atoms with van der Waals surface area (Å²) < 4.78 is 53.5. The fourth-order valence-corrected chi connectivity index (χ4v) is 3.82. The number of hydrogen-bond donors (Lipinski definition) is 1. The monoisotopic (exact) mass is 306 g/mol. The highest BCUT2D eigenvalue weighted by molar-refractivity contribution is 7.89. The molecule has 20 heavy (non-hydrogen) atoms. The van der Waals surface area contributed by atoms with Crippen LogP contribution in [0.2, 0.25) is 0 Å². The number of nitrogens with zero attached hydrogens (tertiary/aromatic N) is 1. The summed E-state index contributed by atoms with van der Waals surface area (Å²) in [7, 11) is -2.41. The summed E-state index contributed by atoms with van der Waals surface area (Å²) in [6.07, 6.45) is 0. The average molecular weight is 306 g/mol. The van der Waals surface area contributed by atoms with Gasteiger partial charge in [-0.25, -0.2) is 17.2 Å². The summed E-state index contributed by atoms with van der Waals surface area (Å²) in [4.78, 5) is -0.613. The Morgan fingerprint density at radius 1 is 1.30 bits per heavy atom. The lowest BCUT2D eigenvalue weighted by molar-refractivity contribution is 0.365. The molecule has 0 aliphatic carbocycles. The van der Waals surface area contributed by atoms with Gasteiger partial charge in [-0.3, -0.25) is 0 Å². The van der Waals surface area contributed by atoms with Gasteiger partial charge in [-0.1, -0.05) is 6.92 Å². The van der Waals surface area contributed by atoms with Crippen molar-refractivity contribution in [2.45, 2.75) is 38.3 Å². The third kappa shape index (κ3) is 3.34. The summed E-state index contributed by atoms with van der Waals surface area (Å²) in [5, 5.41) is 2.78. The molecule has 7 heteroatoms. The highest BCUT2D eigenvalue weighted by atomic mass is 32.2. The maximum atomic E-state index is 13.9. The van der Waals surface area contributed by atoms with Crippen molar-refractivity contribution in [3.63, 3.8) is 0 Å². The number of nitrogens with one attached hydrogen (secondary N) is 1. The van der Waals surface area contributed by atoms with Crippen LogP contribution in [0.1, 0.15) is 26.3 Å². The molecule has 0 amide bonds. The Hall–Kier alpha value is -1.05. The lowest BCUT2D eigenvalue weighted by atomic mass is 10.2. The summed E-state index contributed by atoms with van der Waals surface area (Å²) in [6, 6.07) is 1.84. The van der Waals surface area contributed by atoms with Crippen molar-refractivity contribution < 1.29 is 17.2 Å². The molecule has 0 unspecified atom stereocenters. The van der Waals surface area contributed by atoms with E-state index in [0.29, 0.717) is 5.56 Å². The van der Waals surface area contributed by atoms with Crippen molar-refractivity contribution in [1.82, 2.24) is 9.62 Å². The van der Waals surface area contributed by atoms with Gasteiger partial charge in [0.15, 0.2) is 11.6 Å². The van der Waals surface area contributed by atoms with Crippen LogP contribution in [0.3, 0.4) is 0 Å². The van der Waals surface area contributed by atoms with E-state index in [1.54, 1.807) is 27.8 Å². The van der Waals surface area contributed by atoms with E-state index in [1.807, 2.05) is 0 Å². The number of sulfonamides is 1. The molecule has 0 atom stereocenters. The highest BCUT2D eigenvalue weighted by Crippen LogP contribution is 2.24. The first kappa shape index (κ1) is 17.0. The largest absolute Gasteiger partial charge is 0.316 e. The first-order valence-corrected chi connectivity index (χ1v) is 7.84. The number of rotatable bonds is 6. The zero-order valence-electron chi connectivity index (χ0n) is 12.1. The quantitative estimate of drug-likeness (QED) is 0.875. The van der Waals surface area contributed by atoms with Crippen LogP contribution in [0.15, 0.2) is 17.0 Å². The minimum atomic E-state index is -4.05. The minimum absolute atomic E-state index is 0.192. The lowest BCUT2D eigenvalue weighted by Crippen LogP contribution is -2.37. The molecule has 0 saturated heterocycles. The van der Waals surface area contributed by atoms with E-state index in [9.17, 15) is 17.2 Å². The summed E-state index contributed by atoms with van der Waals surface area (Å²) in [5.41, 5.74) is 0.379. The minimum Gasteiger partial charge on any atom is -0.316 e. The molecule has 0 aromatic heterocycles. The molecule has 1 aromatic rings. The Kier molecular flexibility index (Phi) is 5.61. The number of halogens is 2. The van der Waals surface area contributed by atoms with E-state index in [-0.39, 0.29) is 19.1 Å². The first-order valence-electron chi connectivity index (χ1n) is 6.40. The van der Waals surface area contributed by atoms with E-state index in [2.05, 4.69) is 5.32 Å². The van der Waals surface area contributed by atoms with Crippen molar-refractivity contribution in [3.8, 4) is 0 Å². The van der Waals surface area contributed by atoms with Crippen LogP contribution < -0.4 is 5.32 Å². The van der Waals surface area contributed by atoms with E-state index in [1.165, 1.54) is 6.07 Å². The van der Waals surface area contributed by atoms with Gasteiger partial charge in [0.05, 0.1) is 0 Å². The van der Waals surface area contributed by atoms with Gasteiger partial charge in [-0.15, -0.1) is 0 Å². The molecule has 0 aliphatic rings. The van der Waals surface area contributed by atoms with Crippen LogP contribution in [-0.2, 0) is 16.6 Å². The smallest absolute Gasteiger partial charge is 0.246 e. The van der Waals surface area contributed by atoms with E-state index in [4.69, 9.17) is 0 Å². The molecule has 114 valence electrons. The number of hydrogen-bond acceptors (Lipinski definition) is 3. The van der Waals surface area contributed by atoms with E-state index in [0.717, 1.165) is 10.4 Å². The molecule has 4 nitrogen and oxygen atoms in total. The maximum absolute atomic E-state index is 13.9. The SMILES string of the molecule is CCN(C(C)C)S(=O)(=O)c1cc(CNC)cc(F)c1F. The molecule has 0 heterocycles. The topological polar surface area (TPSA) is 49.4 Å². The van der Waals surface area contributed by atoms with Crippen molar-refractivity contribution in [3.05, 3.63) is 29.3 Å². The Morgan fingerprint density at radius 2 is 1.90 bits per heavy atom. The molecule has 0 saturated carbocycles. The maximum Gasteiger partial charge on any atom is 0.246 e. The third-order valence-electron chi connectivity index (χ3n) is 2.91. The van der Waals surface area contributed by atoms with Gasteiger partial charge in [0.2, 0.25) is 10.0 Å². The van der Waals surface area contributed by atoms with Crippen LogP contribution in [0, 0.1) is 11.6 Å². The van der Waals surface area contributed by atoms with Crippen molar-refractivity contribution in [2.24, 2.45) is 0 Å². The van der Waals surface area contributed by atoms with Crippen LogP contribution in [-0.4, -0.2) is 32.4 Å². The first-order chi connectivity index (χ1) is 9.25. The van der Waals surface area contributed by atoms with Crippen molar-refractivity contribution in [2.75, 3.05) is 13.6 Å². The second kappa shape index (κ2) is 6.60. The Morgan fingerprint density at radius 3 is 2.35 bits per heavy atom. The molecule has 0 bridgehead atoms. The molecule has 1 N–H and O–H groups in total. The van der Waals surface area contributed by atoms with Crippen LogP contribution >= 0.6 is 0 Å². The molecule has 1 rings (SSSR count). The Balaban J connectivity index is 3.44. The lowest BCUT2D eigenvalue weighted by Gasteiger charge is -2.24. The molecule has 0 fully saturated rings. The molecule has 0 spiro atoms. The molecule has 0 aliphatic heterocycles. The number of benzene rings is 1. The molecule has 0 radical (unpaired) electrons. The van der Waals surface area contributed by atoms with Crippen LogP contribution in [0.5, 0.6) is 0 Å². The van der Waals surface area contributed by atoms with E-state index >= 15 is 0 Å². The molecular formula is C13H20F2N2O2S. The standard InChI is InChI=1S/C13H20F2N2O2S/c1-5-17(9(2)3)20(18,19)12-7-10(8-16-4)6-11(14)13(12)15/h6-7,9,16H,5,8H2,1-4H3. The fraction of sp³-hybridized carbons (Fsp3) is 0.538. The summed E-state index contributed by atoms with van der Waals surface area (Å²) in [5.74, 6) is -2.49. The van der Waals surface area contributed by atoms with Gasteiger partial charge in [0.25, 0.3) is 0 Å². The molecule has 1 aromatic carbocycles. The Bertz CT molecular complexity index is 574. The van der Waals surface area contributed by atoms with Gasteiger partial charge < -0.3 is 5.32 Å². The van der Waals surface area contributed by atoms with E-state index < -0.39 is 26.6 Å². The van der Waals surface area contributed by atoms with Gasteiger partial charge in [-0.2, -0.15) is 4.31 Å². The Labute approximate surface area is 118 Å². The fourth-order valence-electron chi connectivity index (χ4n) is 2.05. The zero-order valence-corrected chi connectivity index (χ0v) is 12.9. The van der Waals surface area contributed by atoms with Crippen LogP contribution in [0.25, 0.3) is 0 Å². The van der Waals surface area contributed by atoms with Crippen molar-refractivity contribution in [1.29, 1.82) is 0 Å². The van der Waals surface area contributed by atoms with Crippen molar-refractivity contribution >= 4 is 10.0 Å². The third-order valence-corrected chi connectivity index (χ3v) is 5.06. The second-order valence-corrected chi connectivity index (χ2v) is 6.58. The van der Waals surface area contributed by atoms with Crippen LogP contribution in [0.4, 0.5) is 8.78 Å². The summed E-state index contributed by atoms with van der Waals surface area (Å²) in [6.45, 7) is 5.48. The zero-order chi connectivity index (χ0) is 15.5. The second-order valence-electron chi connectivity index (χ2n) is 4.72. The molecular weight excluding hydrogens is 286 g/mol. The predicted octanol–water partition coefficient (Wildman–Crippen LogP) is 2.10. The van der Waals surface area contributed by atoms with Gasteiger partial charge in [0, 0.05) is 19.1 Å². The average Bonchev–Trinajstić information content (AvgIpc) is 2.33. The highest BCUT2D eigenvalue weighted by Gasteiger charge is 2.30. The normalized spacial score (nSPS) is 12.4. The predicted molar refractivity (Wildman–Crippen MR) is 73.8 cm³/mol.